The molecule has 1 N–H and O–H groups in total. The topological polar surface area (TPSA) is 72.8 Å². The highest BCUT2D eigenvalue weighted by molar-refractivity contribution is 5.95. The van der Waals surface area contributed by atoms with Gasteiger partial charge >= 0.3 is 5.97 Å². The number of esters is 1. The highest BCUT2D eigenvalue weighted by Crippen LogP contribution is 2.04. The lowest BCUT2D eigenvalue weighted by atomic mass is 10.1. The van der Waals surface area contributed by atoms with Crippen LogP contribution in [-0.2, 0) is 25.7 Å². The average Bonchev–Trinajstić information content (AvgIpc) is 2.46. The maximum Gasteiger partial charge on any atom is 0.313 e. The number of aliphatic hydroxyl groups is 1. The SMILES string of the molecule is CC(C)COC(=O)CC(=O)C[C@H](O)COCc1ccccc1. The summed E-state index contributed by atoms with van der Waals surface area (Å²) in [6, 6.07) is 9.56. The minimum atomic E-state index is -0.908. The van der Waals surface area contributed by atoms with Crippen LogP contribution >= 0.6 is 0 Å². The molecule has 22 heavy (non-hydrogen) atoms. The number of ether oxygens (including phenoxy) is 2. The van der Waals surface area contributed by atoms with Gasteiger partial charge in [-0.3, -0.25) is 9.59 Å². The van der Waals surface area contributed by atoms with E-state index in [2.05, 4.69) is 0 Å². The minimum Gasteiger partial charge on any atom is -0.465 e. The normalized spacial score (nSPS) is 12.2. The molecule has 5 nitrogen and oxygen atoms in total. The van der Waals surface area contributed by atoms with E-state index >= 15 is 0 Å². The predicted octanol–water partition coefficient (Wildman–Crippen LogP) is 2.11. The summed E-state index contributed by atoms with van der Waals surface area (Å²) in [4.78, 5) is 23.0. The van der Waals surface area contributed by atoms with Crippen molar-refractivity contribution in [1.82, 2.24) is 0 Å². The van der Waals surface area contributed by atoms with Gasteiger partial charge in [0.25, 0.3) is 0 Å². The third kappa shape index (κ3) is 8.54. The molecule has 0 saturated heterocycles. The van der Waals surface area contributed by atoms with Crippen molar-refractivity contribution >= 4 is 11.8 Å². The summed E-state index contributed by atoms with van der Waals surface area (Å²) < 4.78 is 10.3. The maximum atomic E-state index is 11.6. The second-order valence-electron chi connectivity index (χ2n) is 5.65. The number of aliphatic hydroxyl groups excluding tert-OH is 1. The number of hydrogen-bond acceptors (Lipinski definition) is 5. The predicted molar refractivity (Wildman–Crippen MR) is 82.1 cm³/mol. The Hall–Kier alpha value is -1.72. The molecule has 1 rings (SSSR count). The first-order chi connectivity index (χ1) is 10.5. The number of hydrogen-bond donors (Lipinski definition) is 1. The molecule has 0 fully saturated rings. The average molecular weight is 308 g/mol. The van der Waals surface area contributed by atoms with Gasteiger partial charge in [-0.25, -0.2) is 0 Å². The van der Waals surface area contributed by atoms with Crippen molar-refractivity contribution in [1.29, 1.82) is 0 Å². The van der Waals surface area contributed by atoms with Crippen LogP contribution in [0.1, 0.15) is 32.3 Å². The van der Waals surface area contributed by atoms with Gasteiger partial charge in [-0.15, -0.1) is 0 Å². The first-order valence-electron chi connectivity index (χ1n) is 7.44. The molecule has 122 valence electrons. The Labute approximate surface area is 131 Å². The summed E-state index contributed by atoms with van der Waals surface area (Å²) in [6.45, 7) is 4.57. The molecular formula is C17H24O5. The van der Waals surface area contributed by atoms with Crippen LogP contribution in [0, 0.1) is 5.92 Å². The van der Waals surface area contributed by atoms with Crippen LogP contribution in [0.4, 0.5) is 0 Å². The number of ketones is 1. The summed E-state index contributed by atoms with van der Waals surface area (Å²) in [6.07, 6.45) is -1.32. The highest BCUT2D eigenvalue weighted by Gasteiger charge is 2.16. The van der Waals surface area contributed by atoms with E-state index in [1.54, 1.807) is 0 Å². The number of rotatable bonds is 10. The van der Waals surface area contributed by atoms with Crippen molar-refractivity contribution in [2.45, 2.75) is 39.4 Å². The molecule has 0 aliphatic carbocycles. The van der Waals surface area contributed by atoms with Crippen molar-refractivity contribution in [3.63, 3.8) is 0 Å². The van der Waals surface area contributed by atoms with Gasteiger partial charge in [-0.2, -0.15) is 0 Å². The van der Waals surface area contributed by atoms with Crippen molar-refractivity contribution in [3.05, 3.63) is 35.9 Å². The molecule has 1 aromatic carbocycles. The number of carbonyl (C=O) groups is 2. The summed E-state index contributed by atoms with van der Waals surface area (Å²) in [7, 11) is 0. The number of carbonyl (C=O) groups excluding carboxylic acids is 2. The van der Waals surface area contributed by atoms with E-state index in [-0.39, 0.29) is 31.1 Å². The molecule has 0 aromatic heterocycles. The van der Waals surface area contributed by atoms with E-state index in [0.29, 0.717) is 13.2 Å². The number of benzene rings is 1. The summed E-state index contributed by atoms with van der Waals surface area (Å²) in [5.41, 5.74) is 0.998. The van der Waals surface area contributed by atoms with Crippen LogP contribution in [0.3, 0.4) is 0 Å². The van der Waals surface area contributed by atoms with E-state index in [4.69, 9.17) is 9.47 Å². The van der Waals surface area contributed by atoms with E-state index in [0.717, 1.165) is 5.56 Å². The van der Waals surface area contributed by atoms with Crippen LogP contribution in [0.25, 0.3) is 0 Å². The molecule has 0 aliphatic heterocycles. The van der Waals surface area contributed by atoms with Gasteiger partial charge in [0.15, 0.2) is 0 Å². The van der Waals surface area contributed by atoms with E-state index in [9.17, 15) is 14.7 Å². The fraction of sp³-hybridized carbons (Fsp3) is 0.529. The summed E-state index contributed by atoms with van der Waals surface area (Å²) >= 11 is 0. The third-order valence-corrected chi connectivity index (χ3v) is 2.80. The Morgan fingerprint density at radius 3 is 2.45 bits per heavy atom. The molecule has 0 saturated carbocycles. The van der Waals surface area contributed by atoms with E-state index in [1.165, 1.54) is 0 Å². The number of Topliss-reactive ketones (excluding diaryl/α,β-unsaturated/α-hetero) is 1. The van der Waals surface area contributed by atoms with Gasteiger partial charge in [0.2, 0.25) is 0 Å². The molecule has 0 heterocycles. The molecule has 0 bridgehead atoms. The Balaban J connectivity index is 2.17. The summed E-state index contributed by atoms with van der Waals surface area (Å²) in [5, 5.41) is 9.73. The molecule has 1 atom stereocenters. The van der Waals surface area contributed by atoms with Crippen LogP contribution in [-0.4, -0.2) is 36.2 Å². The van der Waals surface area contributed by atoms with E-state index in [1.807, 2.05) is 44.2 Å². The zero-order chi connectivity index (χ0) is 16.4. The molecule has 0 spiro atoms. The first kappa shape index (κ1) is 18.3. The molecule has 5 heteroatoms. The van der Waals surface area contributed by atoms with Gasteiger partial charge < -0.3 is 14.6 Å². The Morgan fingerprint density at radius 2 is 1.82 bits per heavy atom. The lowest BCUT2D eigenvalue weighted by molar-refractivity contribution is -0.147. The van der Waals surface area contributed by atoms with E-state index < -0.39 is 12.1 Å². The largest absolute Gasteiger partial charge is 0.465 e. The first-order valence-corrected chi connectivity index (χ1v) is 7.44. The third-order valence-electron chi connectivity index (χ3n) is 2.80. The highest BCUT2D eigenvalue weighted by atomic mass is 16.5. The minimum absolute atomic E-state index is 0.0572. The Morgan fingerprint density at radius 1 is 1.14 bits per heavy atom. The van der Waals surface area contributed by atoms with Crippen molar-refractivity contribution in [2.75, 3.05) is 13.2 Å². The smallest absolute Gasteiger partial charge is 0.313 e. The second-order valence-corrected chi connectivity index (χ2v) is 5.65. The molecule has 0 unspecified atom stereocenters. The van der Waals surface area contributed by atoms with Crippen LogP contribution in [0.2, 0.25) is 0 Å². The second kappa shape index (κ2) is 10.1. The van der Waals surface area contributed by atoms with Crippen LogP contribution in [0.15, 0.2) is 30.3 Å². The fourth-order valence-corrected chi connectivity index (χ4v) is 1.75. The van der Waals surface area contributed by atoms with Gasteiger partial charge in [-0.1, -0.05) is 44.2 Å². The quantitative estimate of drug-likeness (QED) is 0.529. The molecule has 0 aliphatic rings. The van der Waals surface area contributed by atoms with Crippen LogP contribution < -0.4 is 0 Å². The lowest BCUT2D eigenvalue weighted by Gasteiger charge is -2.11. The van der Waals surface area contributed by atoms with Gasteiger partial charge in [0, 0.05) is 6.42 Å². The zero-order valence-electron chi connectivity index (χ0n) is 13.2. The Kier molecular flexibility index (Phi) is 8.40. The zero-order valence-corrected chi connectivity index (χ0v) is 13.2. The van der Waals surface area contributed by atoms with Crippen molar-refractivity contribution in [2.24, 2.45) is 5.92 Å². The fourth-order valence-electron chi connectivity index (χ4n) is 1.75. The molecule has 0 amide bonds. The maximum absolute atomic E-state index is 11.6. The summed E-state index contributed by atoms with van der Waals surface area (Å²) in [5.74, 6) is -0.656. The van der Waals surface area contributed by atoms with Crippen LogP contribution in [0.5, 0.6) is 0 Å². The van der Waals surface area contributed by atoms with Gasteiger partial charge in [0.05, 0.1) is 25.9 Å². The molecule has 0 radical (unpaired) electrons. The molecule has 1 aromatic rings. The standard InChI is InChI=1S/C17H24O5/c1-13(2)10-22-17(20)9-15(18)8-16(19)12-21-11-14-6-4-3-5-7-14/h3-7,13,16,19H,8-12H2,1-2H3/t16-/m0/s1. The monoisotopic (exact) mass is 308 g/mol. The lowest BCUT2D eigenvalue weighted by Crippen LogP contribution is -2.22. The van der Waals surface area contributed by atoms with Crippen molar-refractivity contribution < 1.29 is 24.2 Å². The Bertz CT molecular complexity index is 455. The molecular weight excluding hydrogens is 284 g/mol. The van der Waals surface area contributed by atoms with Gasteiger partial charge in [-0.05, 0) is 11.5 Å². The van der Waals surface area contributed by atoms with Crippen molar-refractivity contribution in [3.8, 4) is 0 Å². The van der Waals surface area contributed by atoms with Gasteiger partial charge in [0.1, 0.15) is 12.2 Å².